The van der Waals surface area contributed by atoms with E-state index in [-0.39, 0.29) is 5.66 Å². The molecule has 24 heavy (non-hydrogen) atoms. The quantitative estimate of drug-likeness (QED) is 0.888. The van der Waals surface area contributed by atoms with Gasteiger partial charge in [-0.15, -0.1) is 0 Å². The molecule has 1 unspecified atom stereocenters. The molecule has 0 aliphatic carbocycles. The summed E-state index contributed by atoms with van der Waals surface area (Å²) in [6, 6.07) is 15.4. The van der Waals surface area contributed by atoms with Crippen LogP contribution in [0.2, 0.25) is 0 Å². The fourth-order valence-electron chi connectivity index (χ4n) is 4.05. The van der Waals surface area contributed by atoms with Gasteiger partial charge in [0.15, 0.2) is 0 Å². The van der Waals surface area contributed by atoms with Gasteiger partial charge in [-0.25, -0.2) is 0 Å². The molecule has 4 rings (SSSR count). The van der Waals surface area contributed by atoms with Crippen molar-refractivity contribution >= 4 is 10.8 Å². The minimum Gasteiger partial charge on any atom is -0.369 e. The molecular weight excluding hydrogens is 292 g/mol. The second-order valence-electron chi connectivity index (χ2n) is 7.15. The van der Waals surface area contributed by atoms with E-state index < -0.39 is 0 Å². The summed E-state index contributed by atoms with van der Waals surface area (Å²) < 4.78 is 0. The molecule has 0 amide bonds. The van der Waals surface area contributed by atoms with Crippen molar-refractivity contribution in [3.05, 3.63) is 72.0 Å². The second kappa shape index (κ2) is 6.45. The predicted molar refractivity (Wildman–Crippen MR) is 102 cm³/mol. The number of rotatable bonds is 3. The molecule has 1 atom stereocenters. The lowest BCUT2D eigenvalue weighted by Crippen LogP contribution is -2.59. The van der Waals surface area contributed by atoms with E-state index in [0.29, 0.717) is 0 Å². The van der Waals surface area contributed by atoms with E-state index in [1.54, 1.807) is 0 Å². The van der Waals surface area contributed by atoms with Gasteiger partial charge >= 0.3 is 0 Å². The molecule has 2 aromatic carbocycles. The van der Waals surface area contributed by atoms with E-state index in [2.05, 4.69) is 78.0 Å². The number of allylic oxidation sites excluding steroid dienone is 2. The maximum absolute atomic E-state index is 3.74. The van der Waals surface area contributed by atoms with Crippen LogP contribution >= 0.6 is 0 Å². The number of dihydropyridines is 1. The first-order valence-corrected chi connectivity index (χ1v) is 9.12. The maximum atomic E-state index is 3.74. The summed E-state index contributed by atoms with van der Waals surface area (Å²) in [5.41, 5.74) is 2.62. The van der Waals surface area contributed by atoms with Crippen molar-refractivity contribution in [2.45, 2.75) is 38.3 Å². The molecule has 2 heteroatoms. The molecule has 0 aromatic heterocycles. The van der Waals surface area contributed by atoms with Crippen LogP contribution in [0.1, 0.15) is 31.7 Å². The summed E-state index contributed by atoms with van der Waals surface area (Å²) in [6.45, 7) is 4.51. The lowest BCUT2D eigenvalue weighted by atomic mass is 9.90. The Bertz CT molecular complexity index is 778. The van der Waals surface area contributed by atoms with Crippen LogP contribution < -0.4 is 5.32 Å². The number of benzene rings is 2. The molecular formula is C22H26N2. The molecule has 1 N–H and O–H groups in total. The van der Waals surface area contributed by atoms with Crippen molar-refractivity contribution in [3.8, 4) is 0 Å². The average Bonchev–Trinajstić information content (AvgIpc) is 2.65. The number of nitrogens with one attached hydrogen (secondary N) is 1. The van der Waals surface area contributed by atoms with Crippen molar-refractivity contribution in [2.24, 2.45) is 0 Å². The zero-order valence-corrected chi connectivity index (χ0v) is 14.5. The number of hydrogen-bond acceptors (Lipinski definition) is 2. The molecule has 2 aliphatic heterocycles. The van der Waals surface area contributed by atoms with Crippen molar-refractivity contribution in [3.63, 3.8) is 0 Å². The van der Waals surface area contributed by atoms with Gasteiger partial charge in [-0.3, -0.25) is 4.90 Å². The molecule has 1 saturated heterocycles. The number of nitrogens with zero attached hydrogens (tertiary/aromatic N) is 1. The lowest BCUT2D eigenvalue weighted by molar-refractivity contribution is 0.0856. The topological polar surface area (TPSA) is 15.3 Å². The van der Waals surface area contributed by atoms with Gasteiger partial charge in [-0.05, 0) is 47.8 Å². The Kier molecular flexibility index (Phi) is 4.15. The summed E-state index contributed by atoms with van der Waals surface area (Å²) in [5.74, 6) is 0. The van der Waals surface area contributed by atoms with Gasteiger partial charge in [0.25, 0.3) is 0 Å². The van der Waals surface area contributed by atoms with Gasteiger partial charge < -0.3 is 5.32 Å². The second-order valence-corrected chi connectivity index (χ2v) is 7.15. The highest BCUT2D eigenvalue weighted by atomic mass is 15.3. The number of piperidine rings is 1. The largest absolute Gasteiger partial charge is 0.369 e. The van der Waals surface area contributed by atoms with Crippen molar-refractivity contribution in [2.75, 3.05) is 13.1 Å². The fraction of sp³-hybridized carbons (Fsp3) is 0.364. The molecule has 0 radical (unpaired) electrons. The van der Waals surface area contributed by atoms with E-state index in [1.807, 2.05) is 0 Å². The van der Waals surface area contributed by atoms with Crippen LogP contribution in [0.3, 0.4) is 0 Å². The SMILES string of the molecule is CC1=CNC(Cc2cccc3ccccc23)(N2CCCCC2)C=C1. The molecule has 124 valence electrons. The smallest absolute Gasteiger partial charge is 0.114 e. The van der Waals surface area contributed by atoms with Crippen LogP contribution in [0, 0.1) is 0 Å². The van der Waals surface area contributed by atoms with E-state index in [4.69, 9.17) is 0 Å². The Balaban J connectivity index is 1.73. The Morgan fingerprint density at radius 2 is 1.79 bits per heavy atom. The summed E-state index contributed by atoms with van der Waals surface area (Å²) in [7, 11) is 0. The van der Waals surface area contributed by atoms with Crippen molar-refractivity contribution in [1.29, 1.82) is 0 Å². The maximum Gasteiger partial charge on any atom is 0.114 e. The standard InChI is InChI=1S/C22H26N2/c1-18-12-13-22(23-17-18,24-14-5-2-6-15-24)16-20-10-7-9-19-8-3-4-11-21(19)20/h3-4,7-13,17,23H,2,5-6,14-16H2,1H3. The third-order valence-corrected chi connectivity index (χ3v) is 5.43. The third kappa shape index (κ3) is 2.87. The fourth-order valence-corrected chi connectivity index (χ4v) is 4.05. The highest BCUT2D eigenvalue weighted by molar-refractivity contribution is 5.85. The minimum absolute atomic E-state index is 0.0932. The zero-order valence-electron chi connectivity index (χ0n) is 14.5. The molecule has 2 heterocycles. The van der Waals surface area contributed by atoms with Crippen LogP contribution in [0.4, 0.5) is 0 Å². The van der Waals surface area contributed by atoms with E-state index in [1.165, 1.54) is 54.3 Å². The van der Waals surface area contributed by atoms with Crippen LogP contribution in [-0.2, 0) is 6.42 Å². The lowest BCUT2D eigenvalue weighted by Gasteiger charge is -2.46. The molecule has 2 nitrogen and oxygen atoms in total. The summed E-state index contributed by atoms with van der Waals surface area (Å²) in [5, 5.41) is 6.44. The van der Waals surface area contributed by atoms with E-state index in [0.717, 1.165) is 6.42 Å². The van der Waals surface area contributed by atoms with E-state index in [9.17, 15) is 0 Å². The number of hydrogen-bond donors (Lipinski definition) is 1. The molecule has 0 saturated carbocycles. The van der Waals surface area contributed by atoms with Crippen molar-refractivity contribution in [1.82, 2.24) is 10.2 Å². The minimum atomic E-state index is -0.0932. The van der Waals surface area contributed by atoms with Crippen LogP contribution in [0.5, 0.6) is 0 Å². The van der Waals surface area contributed by atoms with Gasteiger partial charge in [-0.1, -0.05) is 55.0 Å². The number of fused-ring (bicyclic) bond motifs is 1. The van der Waals surface area contributed by atoms with Gasteiger partial charge in [-0.2, -0.15) is 0 Å². The molecule has 2 aromatic rings. The Morgan fingerprint density at radius 1 is 1.00 bits per heavy atom. The van der Waals surface area contributed by atoms with Crippen molar-refractivity contribution < 1.29 is 0 Å². The van der Waals surface area contributed by atoms with Gasteiger partial charge in [0.05, 0.1) is 0 Å². The first-order chi connectivity index (χ1) is 11.8. The summed E-state index contributed by atoms with van der Waals surface area (Å²) in [6.07, 6.45) is 11.8. The highest BCUT2D eigenvalue weighted by Crippen LogP contribution is 2.30. The summed E-state index contributed by atoms with van der Waals surface area (Å²) >= 11 is 0. The Morgan fingerprint density at radius 3 is 2.58 bits per heavy atom. The first kappa shape index (κ1) is 15.5. The Hall–Kier alpha value is -2.06. The van der Waals surface area contributed by atoms with Crippen LogP contribution in [0.15, 0.2) is 66.4 Å². The number of likely N-dealkylation sites (tertiary alicyclic amines) is 1. The molecule has 1 fully saturated rings. The Labute approximate surface area is 144 Å². The normalized spacial score (nSPS) is 24.6. The average molecular weight is 318 g/mol. The van der Waals surface area contributed by atoms with Crippen LogP contribution in [-0.4, -0.2) is 23.7 Å². The van der Waals surface area contributed by atoms with Gasteiger partial charge in [0.1, 0.15) is 5.66 Å². The van der Waals surface area contributed by atoms with Gasteiger partial charge in [0, 0.05) is 25.7 Å². The highest BCUT2D eigenvalue weighted by Gasteiger charge is 2.35. The van der Waals surface area contributed by atoms with E-state index >= 15 is 0 Å². The monoisotopic (exact) mass is 318 g/mol. The third-order valence-electron chi connectivity index (χ3n) is 5.43. The molecule has 0 spiro atoms. The van der Waals surface area contributed by atoms with Crippen LogP contribution in [0.25, 0.3) is 10.8 Å². The molecule has 0 bridgehead atoms. The zero-order chi connectivity index (χ0) is 16.4. The van der Waals surface area contributed by atoms with Gasteiger partial charge in [0.2, 0.25) is 0 Å². The molecule has 2 aliphatic rings. The summed E-state index contributed by atoms with van der Waals surface area (Å²) in [4.78, 5) is 2.64. The predicted octanol–water partition coefficient (Wildman–Crippen LogP) is 4.63. The first-order valence-electron chi connectivity index (χ1n) is 9.12.